The maximum Gasteiger partial charge on any atom is 0.162 e. The van der Waals surface area contributed by atoms with E-state index in [9.17, 15) is 0 Å². The Bertz CT molecular complexity index is 526. The summed E-state index contributed by atoms with van der Waals surface area (Å²) in [6.45, 7) is 3.83. The molecule has 0 amide bonds. The van der Waals surface area contributed by atoms with E-state index in [0.29, 0.717) is 6.61 Å². The third-order valence-electron chi connectivity index (χ3n) is 3.29. The lowest BCUT2D eigenvalue weighted by molar-refractivity contribution is -0.0317. The highest BCUT2D eigenvalue weighted by atomic mass is 32.1. The minimum absolute atomic E-state index is 0.175. The van der Waals surface area contributed by atoms with Gasteiger partial charge < -0.3 is 14.0 Å². The molecule has 108 valence electrons. The largest absolute Gasteiger partial charge is 0.377 e. The van der Waals surface area contributed by atoms with E-state index in [1.807, 2.05) is 6.07 Å². The summed E-state index contributed by atoms with van der Waals surface area (Å²) < 4.78 is 16.1. The van der Waals surface area contributed by atoms with E-state index in [2.05, 4.69) is 27.6 Å². The molecule has 0 bridgehead atoms. The highest BCUT2D eigenvalue weighted by Gasteiger charge is 2.23. The van der Waals surface area contributed by atoms with Gasteiger partial charge in [0.2, 0.25) is 0 Å². The van der Waals surface area contributed by atoms with Gasteiger partial charge in [0.05, 0.1) is 12.3 Å². The van der Waals surface area contributed by atoms with E-state index < -0.39 is 0 Å². The van der Waals surface area contributed by atoms with Crippen molar-refractivity contribution in [1.82, 2.24) is 10.1 Å². The van der Waals surface area contributed by atoms with Crippen LogP contribution in [0.5, 0.6) is 0 Å². The summed E-state index contributed by atoms with van der Waals surface area (Å²) in [5.41, 5.74) is 0.948. The van der Waals surface area contributed by atoms with Crippen molar-refractivity contribution in [3.63, 3.8) is 0 Å². The SMILES string of the molecule is COCc1cc(CN2CCOC(c3cccs3)C2)no1. The quantitative estimate of drug-likeness (QED) is 0.847. The standard InChI is InChI=1S/C14H18N2O3S/c1-17-10-12-7-11(15-19-12)8-16-4-5-18-13(9-16)14-3-2-6-20-14/h2-3,6-7,13H,4-5,8-10H2,1H3. The molecule has 1 aliphatic rings. The summed E-state index contributed by atoms with van der Waals surface area (Å²) in [5, 5.41) is 6.17. The summed E-state index contributed by atoms with van der Waals surface area (Å²) >= 11 is 1.75. The summed E-state index contributed by atoms with van der Waals surface area (Å²) in [7, 11) is 1.65. The highest BCUT2D eigenvalue weighted by Crippen LogP contribution is 2.26. The molecule has 2 aromatic rings. The Morgan fingerprint density at radius 1 is 1.55 bits per heavy atom. The molecule has 2 aromatic heterocycles. The number of aromatic nitrogens is 1. The second-order valence-corrected chi connectivity index (χ2v) is 5.81. The van der Waals surface area contributed by atoms with E-state index >= 15 is 0 Å². The van der Waals surface area contributed by atoms with Crippen LogP contribution in [0.3, 0.4) is 0 Å². The van der Waals surface area contributed by atoms with Crippen molar-refractivity contribution in [2.45, 2.75) is 19.3 Å². The first-order chi connectivity index (χ1) is 9.85. The van der Waals surface area contributed by atoms with Gasteiger partial charge in [0, 0.05) is 37.7 Å². The van der Waals surface area contributed by atoms with Gasteiger partial charge in [-0.15, -0.1) is 11.3 Å². The van der Waals surface area contributed by atoms with Crippen molar-refractivity contribution in [2.75, 3.05) is 26.8 Å². The van der Waals surface area contributed by atoms with Crippen LogP contribution in [0.15, 0.2) is 28.1 Å². The topological polar surface area (TPSA) is 47.7 Å². The van der Waals surface area contributed by atoms with E-state index in [0.717, 1.165) is 37.7 Å². The molecule has 20 heavy (non-hydrogen) atoms. The lowest BCUT2D eigenvalue weighted by Crippen LogP contribution is -2.37. The highest BCUT2D eigenvalue weighted by molar-refractivity contribution is 7.10. The van der Waals surface area contributed by atoms with Gasteiger partial charge in [0.25, 0.3) is 0 Å². The fraction of sp³-hybridized carbons (Fsp3) is 0.500. The Balaban J connectivity index is 1.59. The van der Waals surface area contributed by atoms with Gasteiger partial charge in [-0.1, -0.05) is 11.2 Å². The van der Waals surface area contributed by atoms with Gasteiger partial charge in [-0.05, 0) is 11.4 Å². The Kier molecular flexibility index (Phi) is 4.47. The maximum absolute atomic E-state index is 5.84. The molecule has 1 aliphatic heterocycles. The fourth-order valence-corrected chi connectivity index (χ4v) is 3.13. The normalized spacial score (nSPS) is 20.4. The second kappa shape index (κ2) is 6.49. The molecule has 5 nitrogen and oxygen atoms in total. The van der Waals surface area contributed by atoms with E-state index in [1.54, 1.807) is 18.4 Å². The lowest BCUT2D eigenvalue weighted by Gasteiger charge is -2.31. The van der Waals surface area contributed by atoms with Crippen molar-refractivity contribution >= 4 is 11.3 Å². The van der Waals surface area contributed by atoms with E-state index in [4.69, 9.17) is 14.0 Å². The molecular weight excluding hydrogens is 276 g/mol. The number of methoxy groups -OCH3 is 1. The molecule has 1 unspecified atom stereocenters. The van der Waals surface area contributed by atoms with Gasteiger partial charge >= 0.3 is 0 Å². The molecule has 0 aromatic carbocycles. The van der Waals surface area contributed by atoms with Crippen LogP contribution in [0.2, 0.25) is 0 Å². The molecular formula is C14H18N2O3S. The summed E-state index contributed by atoms with van der Waals surface area (Å²) in [6, 6.07) is 6.15. The van der Waals surface area contributed by atoms with Gasteiger partial charge in [0.1, 0.15) is 12.7 Å². The van der Waals surface area contributed by atoms with Crippen molar-refractivity contribution in [1.29, 1.82) is 0 Å². The predicted molar refractivity (Wildman–Crippen MR) is 75.5 cm³/mol. The second-order valence-electron chi connectivity index (χ2n) is 4.83. The monoisotopic (exact) mass is 294 g/mol. The van der Waals surface area contributed by atoms with Crippen molar-refractivity contribution in [3.05, 3.63) is 39.9 Å². The van der Waals surface area contributed by atoms with E-state index in [-0.39, 0.29) is 6.10 Å². The number of hydrogen-bond acceptors (Lipinski definition) is 6. The first-order valence-electron chi connectivity index (χ1n) is 6.66. The third-order valence-corrected chi connectivity index (χ3v) is 4.26. The Hall–Kier alpha value is -1.21. The summed E-state index contributed by atoms with van der Waals surface area (Å²) in [6.07, 6.45) is 0.175. The third kappa shape index (κ3) is 3.27. The molecule has 0 saturated carbocycles. The van der Waals surface area contributed by atoms with Gasteiger partial charge in [-0.2, -0.15) is 0 Å². The molecule has 1 atom stereocenters. The smallest absolute Gasteiger partial charge is 0.162 e. The number of morpholine rings is 1. The van der Waals surface area contributed by atoms with Gasteiger partial charge in [0.15, 0.2) is 5.76 Å². The summed E-state index contributed by atoms with van der Waals surface area (Å²) in [5.74, 6) is 0.769. The van der Waals surface area contributed by atoms with Crippen LogP contribution in [-0.2, 0) is 22.6 Å². The van der Waals surface area contributed by atoms with Crippen molar-refractivity contribution in [2.24, 2.45) is 0 Å². The number of nitrogens with zero attached hydrogens (tertiary/aromatic N) is 2. The average molecular weight is 294 g/mol. The molecule has 1 fully saturated rings. The molecule has 0 spiro atoms. The molecule has 1 saturated heterocycles. The number of hydrogen-bond donors (Lipinski definition) is 0. The van der Waals surface area contributed by atoms with Gasteiger partial charge in [-0.3, -0.25) is 4.90 Å². The van der Waals surface area contributed by atoms with Crippen LogP contribution in [0.1, 0.15) is 22.4 Å². The average Bonchev–Trinajstić information content (AvgIpc) is 3.11. The number of rotatable bonds is 5. The molecule has 3 rings (SSSR count). The maximum atomic E-state index is 5.84. The minimum atomic E-state index is 0.175. The van der Waals surface area contributed by atoms with Crippen LogP contribution in [0.4, 0.5) is 0 Å². The zero-order valence-electron chi connectivity index (χ0n) is 11.4. The van der Waals surface area contributed by atoms with Crippen LogP contribution in [-0.4, -0.2) is 36.9 Å². The van der Waals surface area contributed by atoms with Crippen LogP contribution in [0, 0.1) is 0 Å². The Morgan fingerprint density at radius 3 is 3.30 bits per heavy atom. The number of ether oxygens (including phenoxy) is 2. The number of thiophene rings is 1. The lowest BCUT2D eigenvalue weighted by atomic mass is 10.2. The first kappa shape index (κ1) is 13.8. The first-order valence-corrected chi connectivity index (χ1v) is 7.54. The van der Waals surface area contributed by atoms with Gasteiger partial charge in [-0.25, -0.2) is 0 Å². The predicted octanol–water partition coefficient (Wildman–Crippen LogP) is 2.46. The minimum Gasteiger partial charge on any atom is -0.377 e. The van der Waals surface area contributed by atoms with Crippen LogP contribution >= 0.6 is 11.3 Å². The van der Waals surface area contributed by atoms with Crippen LogP contribution in [0.25, 0.3) is 0 Å². The van der Waals surface area contributed by atoms with Crippen LogP contribution < -0.4 is 0 Å². The molecule has 6 heteroatoms. The molecule has 0 radical (unpaired) electrons. The molecule has 0 N–H and O–H groups in total. The summed E-state index contributed by atoms with van der Waals surface area (Å²) in [4.78, 5) is 3.64. The molecule has 0 aliphatic carbocycles. The van der Waals surface area contributed by atoms with Crippen molar-refractivity contribution in [3.8, 4) is 0 Å². The Morgan fingerprint density at radius 2 is 2.50 bits per heavy atom. The fourth-order valence-electron chi connectivity index (χ4n) is 2.36. The van der Waals surface area contributed by atoms with E-state index in [1.165, 1.54) is 4.88 Å². The zero-order valence-corrected chi connectivity index (χ0v) is 12.3. The Labute approximate surface area is 122 Å². The van der Waals surface area contributed by atoms with Crippen molar-refractivity contribution < 1.29 is 14.0 Å². The molecule has 3 heterocycles. The zero-order chi connectivity index (χ0) is 13.8.